The van der Waals surface area contributed by atoms with Gasteiger partial charge in [-0.15, -0.1) is 0 Å². The minimum atomic E-state index is -1.45. The van der Waals surface area contributed by atoms with Gasteiger partial charge >= 0.3 is 0 Å². The number of nitrogens with one attached hydrogen (secondary N) is 2. The Morgan fingerprint density at radius 2 is 2.26 bits per heavy atom. The fourth-order valence-electron chi connectivity index (χ4n) is 1.93. The SMILES string of the molecule is CC(O)(CNC1=NCCCN1)c1ccc(F)cc1F. The molecule has 1 heterocycles. The monoisotopic (exact) mass is 269 g/mol. The second-order valence-corrected chi connectivity index (χ2v) is 4.76. The normalized spacial score (nSPS) is 18.2. The quantitative estimate of drug-likeness (QED) is 0.770. The summed E-state index contributed by atoms with van der Waals surface area (Å²) in [5.41, 5.74) is -1.39. The predicted octanol–water partition coefficient (Wildman–Crippen LogP) is 1.11. The van der Waals surface area contributed by atoms with Gasteiger partial charge in [0.05, 0.1) is 6.54 Å². The van der Waals surface area contributed by atoms with Crippen LogP contribution < -0.4 is 10.6 Å². The summed E-state index contributed by atoms with van der Waals surface area (Å²) in [7, 11) is 0. The summed E-state index contributed by atoms with van der Waals surface area (Å²) in [6.07, 6.45) is 0.966. The van der Waals surface area contributed by atoms with Crippen molar-refractivity contribution < 1.29 is 13.9 Å². The number of aliphatic imine (C=N–C) groups is 1. The molecule has 1 aromatic carbocycles. The zero-order chi connectivity index (χ0) is 13.9. The van der Waals surface area contributed by atoms with Crippen molar-refractivity contribution in [3.05, 3.63) is 35.4 Å². The van der Waals surface area contributed by atoms with E-state index >= 15 is 0 Å². The molecule has 0 fully saturated rings. The highest BCUT2D eigenvalue weighted by Gasteiger charge is 2.27. The fourth-order valence-corrected chi connectivity index (χ4v) is 1.93. The lowest BCUT2D eigenvalue weighted by atomic mass is 9.95. The molecule has 0 spiro atoms. The van der Waals surface area contributed by atoms with Crippen LogP contribution >= 0.6 is 0 Å². The van der Waals surface area contributed by atoms with Crippen LogP contribution in [0.15, 0.2) is 23.2 Å². The van der Waals surface area contributed by atoms with E-state index in [1.807, 2.05) is 0 Å². The molecule has 1 unspecified atom stereocenters. The average Bonchev–Trinajstić information content (AvgIpc) is 2.37. The van der Waals surface area contributed by atoms with Gasteiger partial charge in [0.2, 0.25) is 0 Å². The highest BCUT2D eigenvalue weighted by molar-refractivity contribution is 5.80. The van der Waals surface area contributed by atoms with Crippen molar-refractivity contribution in [3.63, 3.8) is 0 Å². The van der Waals surface area contributed by atoms with Crippen LogP contribution in [0.3, 0.4) is 0 Å². The maximum absolute atomic E-state index is 13.6. The molecule has 1 aliphatic rings. The van der Waals surface area contributed by atoms with Crippen molar-refractivity contribution >= 4 is 5.96 Å². The highest BCUT2D eigenvalue weighted by atomic mass is 19.1. The van der Waals surface area contributed by atoms with Crippen LogP contribution in [-0.2, 0) is 5.60 Å². The van der Waals surface area contributed by atoms with Gasteiger partial charge in [-0.05, 0) is 19.4 Å². The first-order valence-electron chi connectivity index (χ1n) is 6.19. The van der Waals surface area contributed by atoms with Gasteiger partial charge in [-0.1, -0.05) is 6.07 Å². The number of benzene rings is 1. The van der Waals surface area contributed by atoms with Gasteiger partial charge in [0, 0.05) is 24.7 Å². The summed E-state index contributed by atoms with van der Waals surface area (Å²) in [6, 6.07) is 3.14. The summed E-state index contributed by atoms with van der Waals surface area (Å²) in [5, 5.41) is 16.3. The molecular weight excluding hydrogens is 252 g/mol. The Kier molecular flexibility index (Phi) is 3.99. The number of nitrogens with zero attached hydrogens (tertiary/aromatic N) is 1. The Hall–Kier alpha value is -1.69. The second kappa shape index (κ2) is 5.52. The van der Waals surface area contributed by atoms with Crippen molar-refractivity contribution in [3.8, 4) is 0 Å². The van der Waals surface area contributed by atoms with Crippen LogP contribution in [0.2, 0.25) is 0 Å². The fraction of sp³-hybridized carbons (Fsp3) is 0.462. The van der Waals surface area contributed by atoms with E-state index in [9.17, 15) is 13.9 Å². The topological polar surface area (TPSA) is 56.6 Å². The van der Waals surface area contributed by atoms with Crippen molar-refractivity contribution in [2.24, 2.45) is 4.99 Å². The molecule has 19 heavy (non-hydrogen) atoms. The molecule has 0 amide bonds. The number of rotatable bonds is 3. The molecule has 0 saturated carbocycles. The van der Waals surface area contributed by atoms with Gasteiger partial charge < -0.3 is 15.7 Å². The Labute approximate surface area is 110 Å². The Bertz CT molecular complexity index is 489. The summed E-state index contributed by atoms with van der Waals surface area (Å²) in [5.74, 6) is -0.831. The second-order valence-electron chi connectivity index (χ2n) is 4.76. The molecular formula is C13H17F2N3O. The first-order chi connectivity index (χ1) is 8.99. The average molecular weight is 269 g/mol. The lowest BCUT2D eigenvalue weighted by molar-refractivity contribution is 0.0577. The standard InChI is InChI=1S/C13H17F2N3O/c1-13(19,8-18-12-16-5-2-6-17-12)10-4-3-9(14)7-11(10)15/h3-4,7,19H,2,5-6,8H2,1H3,(H2,16,17,18). The van der Waals surface area contributed by atoms with Crippen LogP contribution in [-0.4, -0.2) is 30.7 Å². The molecule has 104 valence electrons. The lowest BCUT2D eigenvalue weighted by Crippen LogP contribution is -2.46. The molecule has 6 heteroatoms. The van der Waals surface area contributed by atoms with E-state index in [0.29, 0.717) is 5.96 Å². The van der Waals surface area contributed by atoms with Crippen LogP contribution in [0.5, 0.6) is 0 Å². The number of hydrogen-bond donors (Lipinski definition) is 3. The molecule has 0 aliphatic carbocycles. The third-order valence-corrected chi connectivity index (χ3v) is 3.01. The van der Waals surface area contributed by atoms with Gasteiger partial charge in [-0.2, -0.15) is 0 Å². The van der Waals surface area contributed by atoms with Crippen LogP contribution in [0.4, 0.5) is 8.78 Å². The lowest BCUT2D eigenvalue weighted by Gasteiger charge is -2.26. The number of hydrogen-bond acceptors (Lipinski definition) is 4. The maximum atomic E-state index is 13.6. The van der Waals surface area contributed by atoms with Crippen molar-refractivity contribution in [2.75, 3.05) is 19.6 Å². The third-order valence-electron chi connectivity index (χ3n) is 3.01. The Morgan fingerprint density at radius 1 is 1.47 bits per heavy atom. The molecule has 0 aromatic heterocycles. The predicted molar refractivity (Wildman–Crippen MR) is 68.9 cm³/mol. The number of guanidine groups is 1. The van der Waals surface area contributed by atoms with Gasteiger partial charge in [-0.25, -0.2) is 8.78 Å². The number of halogens is 2. The van der Waals surface area contributed by atoms with E-state index in [-0.39, 0.29) is 12.1 Å². The largest absolute Gasteiger partial charge is 0.383 e. The molecule has 1 aliphatic heterocycles. The molecule has 4 nitrogen and oxygen atoms in total. The van der Waals surface area contributed by atoms with Gasteiger partial charge in [0.25, 0.3) is 0 Å². The van der Waals surface area contributed by atoms with E-state index in [1.165, 1.54) is 13.0 Å². The third kappa shape index (κ3) is 3.41. The van der Waals surface area contributed by atoms with Crippen LogP contribution in [0, 0.1) is 11.6 Å². The van der Waals surface area contributed by atoms with E-state index < -0.39 is 17.2 Å². The van der Waals surface area contributed by atoms with Gasteiger partial charge in [0.15, 0.2) is 5.96 Å². The van der Waals surface area contributed by atoms with Crippen molar-refractivity contribution in [1.29, 1.82) is 0 Å². The Balaban J connectivity index is 2.06. The van der Waals surface area contributed by atoms with Crippen molar-refractivity contribution in [2.45, 2.75) is 18.9 Å². The minimum absolute atomic E-state index is 0.0535. The minimum Gasteiger partial charge on any atom is -0.383 e. The van der Waals surface area contributed by atoms with E-state index in [0.717, 1.165) is 31.6 Å². The first-order valence-corrected chi connectivity index (χ1v) is 6.19. The summed E-state index contributed by atoms with van der Waals surface area (Å²) in [6.45, 7) is 3.10. The van der Waals surface area contributed by atoms with Crippen molar-refractivity contribution in [1.82, 2.24) is 10.6 Å². The summed E-state index contributed by atoms with van der Waals surface area (Å²) in [4.78, 5) is 4.19. The molecule has 1 aromatic rings. The molecule has 0 bridgehead atoms. The van der Waals surface area contributed by atoms with E-state index in [1.54, 1.807) is 0 Å². The van der Waals surface area contributed by atoms with E-state index in [2.05, 4.69) is 15.6 Å². The summed E-state index contributed by atoms with van der Waals surface area (Å²) >= 11 is 0. The molecule has 3 N–H and O–H groups in total. The molecule has 0 radical (unpaired) electrons. The molecule has 0 saturated heterocycles. The van der Waals surface area contributed by atoms with E-state index in [4.69, 9.17) is 0 Å². The molecule has 2 rings (SSSR count). The number of aliphatic hydroxyl groups is 1. The van der Waals surface area contributed by atoms with Gasteiger partial charge in [0.1, 0.15) is 17.2 Å². The van der Waals surface area contributed by atoms with Crippen LogP contribution in [0.25, 0.3) is 0 Å². The highest BCUT2D eigenvalue weighted by Crippen LogP contribution is 2.23. The zero-order valence-electron chi connectivity index (χ0n) is 10.7. The zero-order valence-corrected chi connectivity index (χ0v) is 10.7. The maximum Gasteiger partial charge on any atom is 0.191 e. The smallest absolute Gasteiger partial charge is 0.191 e. The van der Waals surface area contributed by atoms with Crippen LogP contribution in [0.1, 0.15) is 18.9 Å². The Morgan fingerprint density at radius 3 is 2.89 bits per heavy atom. The first kappa shape index (κ1) is 13.7. The molecule has 1 atom stereocenters. The summed E-state index contributed by atoms with van der Waals surface area (Å²) < 4.78 is 26.5. The van der Waals surface area contributed by atoms with Gasteiger partial charge in [-0.3, -0.25) is 4.99 Å².